The Morgan fingerprint density at radius 2 is 2.21 bits per heavy atom. The van der Waals surface area contributed by atoms with Crippen LogP contribution in [-0.2, 0) is 0 Å². The number of hydrogen-bond acceptors (Lipinski definition) is 5. The minimum Gasteiger partial charge on any atom is -0.382 e. The highest BCUT2D eigenvalue weighted by Crippen LogP contribution is 2.30. The van der Waals surface area contributed by atoms with Gasteiger partial charge in [-0.3, -0.25) is 10.1 Å². The summed E-state index contributed by atoms with van der Waals surface area (Å²) in [5, 5.41) is 21.7. The molecule has 0 bridgehead atoms. The van der Waals surface area contributed by atoms with E-state index in [-0.39, 0.29) is 21.5 Å². The lowest BCUT2D eigenvalue weighted by Crippen LogP contribution is -2.35. The summed E-state index contributed by atoms with van der Waals surface area (Å²) in [6.45, 7) is 0.627. The molecule has 10 heteroatoms. The monoisotopic (exact) mass is 343 g/mol. The Morgan fingerprint density at radius 3 is 2.68 bits per heavy atom. The van der Waals surface area contributed by atoms with Crippen molar-refractivity contribution in [1.82, 2.24) is 4.98 Å². The van der Waals surface area contributed by atoms with Gasteiger partial charge in [-0.15, -0.1) is 0 Å². The number of aromatic nitrogens is 1. The van der Waals surface area contributed by atoms with Crippen molar-refractivity contribution in [3.05, 3.63) is 26.3 Å². The fraction of sp³-hybridized carbons (Fsp3) is 0.444. The van der Waals surface area contributed by atoms with Crippen molar-refractivity contribution >= 4 is 27.4 Å². The zero-order valence-electron chi connectivity index (χ0n) is 9.53. The summed E-state index contributed by atoms with van der Waals surface area (Å²) in [4.78, 5) is 13.6. The average molecular weight is 344 g/mol. The molecule has 2 N–H and O–H groups in total. The molecule has 0 fully saturated rings. The Labute approximate surface area is 113 Å². The third-order valence-electron chi connectivity index (χ3n) is 2.27. The predicted octanol–water partition coefficient (Wildman–Crippen LogP) is 2.40. The minimum atomic E-state index is -4.74. The number of anilines is 1. The first-order valence-corrected chi connectivity index (χ1v) is 5.72. The molecule has 0 amide bonds. The maximum atomic E-state index is 12.1. The molecule has 1 heterocycles. The molecule has 0 spiro atoms. The lowest BCUT2D eigenvalue weighted by atomic mass is 10.2. The van der Waals surface area contributed by atoms with Gasteiger partial charge in [0.1, 0.15) is 12.0 Å². The van der Waals surface area contributed by atoms with Gasteiger partial charge in [0.15, 0.2) is 6.10 Å². The Hall–Kier alpha value is -1.42. The van der Waals surface area contributed by atoms with E-state index in [1.807, 2.05) is 0 Å². The number of rotatable bonds is 4. The zero-order valence-corrected chi connectivity index (χ0v) is 11.1. The van der Waals surface area contributed by atoms with Gasteiger partial charge in [0.2, 0.25) is 0 Å². The van der Waals surface area contributed by atoms with Crippen molar-refractivity contribution in [1.29, 1.82) is 0 Å². The van der Waals surface area contributed by atoms with Crippen LogP contribution in [0, 0.1) is 17.0 Å². The van der Waals surface area contributed by atoms with Crippen molar-refractivity contribution in [3.8, 4) is 0 Å². The molecular weight excluding hydrogens is 335 g/mol. The molecule has 106 valence electrons. The number of aliphatic hydroxyl groups excluding tert-OH is 1. The number of pyridine rings is 1. The topological polar surface area (TPSA) is 88.3 Å². The molecule has 0 saturated carbocycles. The number of alkyl halides is 3. The summed E-state index contributed by atoms with van der Waals surface area (Å²) in [6.07, 6.45) is -6.35. The van der Waals surface area contributed by atoms with Crippen LogP contribution in [0.1, 0.15) is 5.56 Å². The first kappa shape index (κ1) is 15.6. The van der Waals surface area contributed by atoms with E-state index >= 15 is 0 Å². The molecule has 0 aliphatic rings. The molecule has 19 heavy (non-hydrogen) atoms. The van der Waals surface area contributed by atoms with Gasteiger partial charge in [0.25, 0.3) is 5.69 Å². The normalized spacial score (nSPS) is 13.2. The fourth-order valence-corrected chi connectivity index (χ4v) is 1.63. The molecule has 0 aliphatic carbocycles. The Morgan fingerprint density at radius 1 is 1.63 bits per heavy atom. The minimum absolute atomic E-state index is 0.00796. The van der Waals surface area contributed by atoms with Crippen molar-refractivity contribution in [3.63, 3.8) is 0 Å². The number of halogens is 4. The molecule has 1 aromatic heterocycles. The Kier molecular flexibility index (Phi) is 4.69. The molecule has 6 nitrogen and oxygen atoms in total. The second kappa shape index (κ2) is 5.70. The van der Waals surface area contributed by atoms with E-state index in [0.29, 0.717) is 0 Å². The van der Waals surface area contributed by atoms with E-state index in [1.54, 1.807) is 0 Å². The van der Waals surface area contributed by atoms with Gasteiger partial charge in [-0.25, -0.2) is 4.98 Å². The van der Waals surface area contributed by atoms with Crippen molar-refractivity contribution < 1.29 is 23.2 Å². The second-order valence-corrected chi connectivity index (χ2v) is 4.42. The molecule has 1 aromatic rings. The van der Waals surface area contributed by atoms with Crippen molar-refractivity contribution in [2.45, 2.75) is 19.2 Å². The SMILES string of the molecule is Cc1c([N+](=O)[O-])cnc(NCC(O)C(F)(F)F)c1Br. The smallest absolute Gasteiger partial charge is 0.382 e. The molecular formula is C9H9BrF3N3O3. The molecule has 1 unspecified atom stereocenters. The fourth-order valence-electron chi connectivity index (χ4n) is 1.19. The molecule has 1 atom stereocenters. The number of nitrogens with zero attached hydrogens (tertiary/aromatic N) is 2. The first-order valence-electron chi connectivity index (χ1n) is 4.92. The number of hydrogen-bond donors (Lipinski definition) is 2. The van der Waals surface area contributed by atoms with Gasteiger partial charge >= 0.3 is 6.18 Å². The number of nitrogens with one attached hydrogen (secondary N) is 1. The first-order chi connectivity index (χ1) is 8.64. The summed E-state index contributed by atoms with van der Waals surface area (Å²) in [5.74, 6) is -0.00796. The molecule has 0 saturated heterocycles. The van der Waals surface area contributed by atoms with E-state index in [2.05, 4.69) is 26.2 Å². The second-order valence-electron chi connectivity index (χ2n) is 3.63. The maximum absolute atomic E-state index is 12.1. The van der Waals surface area contributed by atoms with Gasteiger partial charge in [-0.1, -0.05) is 0 Å². The standard InChI is InChI=1S/C9H9BrF3N3O3/c1-4-5(16(18)19)2-14-8(7(4)10)15-3-6(17)9(11,12)13/h2,6,17H,3H2,1H3,(H,14,15). The van der Waals surface area contributed by atoms with Crippen LogP contribution in [0.15, 0.2) is 10.7 Å². The molecule has 0 aromatic carbocycles. The van der Waals surface area contributed by atoms with Crippen LogP contribution in [0.3, 0.4) is 0 Å². The lowest BCUT2D eigenvalue weighted by Gasteiger charge is -2.16. The largest absolute Gasteiger partial charge is 0.416 e. The van der Waals surface area contributed by atoms with Gasteiger partial charge < -0.3 is 10.4 Å². The maximum Gasteiger partial charge on any atom is 0.416 e. The Bertz CT molecular complexity index is 496. The summed E-state index contributed by atoms with van der Waals surface area (Å²) >= 11 is 3.01. The lowest BCUT2D eigenvalue weighted by molar-refractivity contribution is -0.385. The molecule has 1 rings (SSSR count). The highest BCUT2D eigenvalue weighted by Gasteiger charge is 2.38. The van der Waals surface area contributed by atoms with Crippen LogP contribution in [0.25, 0.3) is 0 Å². The van der Waals surface area contributed by atoms with Crippen LogP contribution in [-0.4, -0.2) is 33.8 Å². The van der Waals surface area contributed by atoms with Crippen molar-refractivity contribution in [2.24, 2.45) is 0 Å². The number of aliphatic hydroxyl groups is 1. The van der Waals surface area contributed by atoms with Crippen LogP contribution >= 0.6 is 15.9 Å². The predicted molar refractivity (Wildman–Crippen MR) is 63.9 cm³/mol. The highest BCUT2D eigenvalue weighted by molar-refractivity contribution is 9.10. The van der Waals surface area contributed by atoms with Gasteiger partial charge in [-0.05, 0) is 22.9 Å². The van der Waals surface area contributed by atoms with E-state index in [0.717, 1.165) is 6.20 Å². The molecule has 0 radical (unpaired) electrons. The van der Waals surface area contributed by atoms with Gasteiger partial charge in [0.05, 0.1) is 15.9 Å². The summed E-state index contributed by atoms with van der Waals surface area (Å²) < 4.78 is 36.4. The highest BCUT2D eigenvalue weighted by atomic mass is 79.9. The quantitative estimate of drug-likeness (QED) is 0.647. The van der Waals surface area contributed by atoms with Gasteiger partial charge in [0, 0.05) is 5.56 Å². The van der Waals surface area contributed by atoms with Crippen LogP contribution in [0.2, 0.25) is 0 Å². The van der Waals surface area contributed by atoms with E-state index < -0.39 is 23.7 Å². The third-order valence-corrected chi connectivity index (χ3v) is 3.24. The van der Waals surface area contributed by atoms with E-state index in [1.165, 1.54) is 6.92 Å². The van der Waals surface area contributed by atoms with E-state index in [4.69, 9.17) is 5.11 Å². The zero-order chi connectivity index (χ0) is 14.8. The summed E-state index contributed by atoms with van der Waals surface area (Å²) in [6, 6.07) is 0. The van der Waals surface area contributed by atoms with Gasteiger partial charge in [-0.2, -0.15) is 13.2 Å². The molecule has 0 aliphatic heterocycles. The summed E-state index contributed by atoms with van der Waals surface area (Å²) in [5.41, 5.74) is -0.0298. The average Bonchev–Trinajstić information content (AvgIpc) is 2.28. The van der Waals surface area contributed by atoms with E-state index in [9.17, 15) is 23.3 Å². The van der Waals surface area contributed by atoms with Crippen LogP contribution in [0.5, 0.6) is 0 Å². The van der Waals surface area contributed by atoms with Crippen LogP contribution in [0.4, 0.5) is 24.7 Å². The van der Waals surface area contributed by atoms with Crippen LogP contribution < -0.4 is 5.32 Å². The summed E-state index contributed by atoms with van der Waals surface area (Å²) in [7, 11) is 0. The van der Waals surface area contributed by atoms with Crippen molar-refractivity contribution in [2.75, 3.05) is 11.9 Å². The third kappa shape index (κ3) is 3.77. The Balaban J connectivity index is 2.87. The number of nitro groups is 1.